The number of rotatable bonds is 5. The van der Waals surface area contributed by atoms with Gasteiger partial charge in [-0.25, -0.2) is 4.79 Å². The second-order valence-electron chi connectivity index (χ2n) is 3.70. The molecule has 0 unspecified atom stereocenters. The third-order valence-electron chi connectivity index (χ3n) is 2.15. The highest BCUT2D eigenvalue weighted by molar-refractivity contribution is 9.10. The molecule has 0 heterocycles. The van der Waals surface area contributed by atoms with E-state index in [1.165, 1.54) is 14.2 Å². The first kappa shape index (κ1) is 14.6. The highest BCUT2D eigenvalue weighted by Crippen LogP contribution is 2.38. The summed E-state index contributed by atoms with van der Waals surface area (Å²) in [5.41, 5.74) is 1.25. The lowest BCUT2D eigenvalue weighted by molar-refractivity contribution is 0.0599. The van der Waals surface area contributed by atoms with E-state index in [1.807, 2.05) is 6.92 Å². The van der Waals surface area contributed by atoms with E-state index in [0.29, 0.717) is 28.1 Å². The van der Waals surface area contributed by atoms with Crippen molar-refractivity contribution in [3.05, 3.63) is 34.3 Å². The fourth-order valence-electron chi connectivity index (χ4n) is 1.30. The van der Waals surface area contributed by atoms with Crippen molar-refractivity contribution in [1.29, 1.82) is 0 Å². The Morgan fingerprint density at radius 2 is 2.06 bits per heavy atom. The Labute approximate surface area is 115 Å². The summed E-state index contributed by atoms with van der Waals surface area (Å²) in [4.78, 5) is 11.6. The maximum atomic E-state index is 11.6. The van der Waals surface area contributed by atoms with E-state index in [1.54, 1.807) is 12.1 Å². The number of benzene rings is 1. The van der Waals surface area contributed by atoms with E-state index in [4.69, 9.17) is 9.47 Å². The van der Waals surface area contributed by atoms with Crippen LogP contribution in [0.2, 0.25) is 0 Å². The third kappa shape index (κ3) is 3.26. The summed E-state index contributed by atoms with van der Waals surface area (Å²) in [7, 11) is 2.86. The van der Waals surface area contributed by atoms with Gasteiger partial charge in [0.2, 0.25) is 0 Å². The minimum atomic E-state index is -0.440. The second-order valence-corrected chi connectivity index (χ2v) is 4.49. The summed E-state index contributed by atoms with van der Waals surface area (Å²) >= 11 is 3.33. The van der Waals surface area contributed by atoms with E-state index >= 15 is 0 Å². The molecule has 5 heteroatoms. The van der Waals surface area contributed by atoms with Crippen molar-refractivity contribution in [1.82, 2.24) is 0 Å². The van der Waals surface area contributed by atoms with Crippen LogP contribution in [0, 0.1) is 0 Å². The van der Waals surface area contributed by atoms with E-state index < -0.39 is 5.97 Å². The molecule has 0 N–H and O–H groups in total. The highest BCUT2D eigenvalue weighted by Gasteiger charge is 2.18. The number of ether oxygens (including phenoxy) is 3. The molecular weight excluding hydrogens is 300 g/mol. The average Bonchev–Trinajstić information content (AvgIpc) is 2.35. The predicted molar refractivity (Wildman–Crippen MR) is 72.3 cm³/mol. The number of methoxy groups -OCH3 is 2. The van der Waals surface area contributed by atoms with Crippen molar-refractivity contribution in [3.63, 3.8) is 0 Å². The number of carbonyl (C=O) groups excluding carboxylic acids is 1. The van der Waals surface area contributed by atoms with Gasteiger partial charge in [-0.15, -0.1) is 0 Å². The van der Waals surface area contributed by atoms with Crippen molar-refractivity contribution in [2.24, 2.45) is 0 Å². The molecule has 98 valence electrons. The van der Waals surface area contributed by atoms with Crippen LogP contribution in [-0.4, -0.2) is 26.8 Å². The van der Waals surface area contributed by atoms with Crippen LogP contribution in [0.15, 0.2) is 28.8 Å². The molecule has 0 atom stereocenters. The molecule has 1 aromatic carbocycles. The zero-order valence-electron chi connectivity index (χ0n) is 10.6. The van der Waals surface area contributed by atoms with Gasteiger partial charge in [-0.3, -0.25) is 0 Å². The fourth-order valence-corrected chi connectivity index (χ4v) is 1.90. The van der Waals surface area contributed by atoms with E-state index in [2.05, 4.69) is 27.2 Å². The molecule has 0 aliphatic rings. The van der Waals surface area contributed by atoms with Gasteiger partial charge in [0, 0.05) is 0 Å². The molecule has 0 saturated heterocycles. The molecule has 1 rings (SSSR count). The molecule has 4 nitrogen and oxygen atoms in total. The topological polar surface area (TPSA) is 44.8 Å². The van der Waals surface area contributed by atoms with Crippen LogP contribution in [0.1, 0.15) is 17.3 Å². The van der Waals surface area contributed by atoms with Crippen LogP contribution >= 0.6 is 15.9 Å². The van der Waals surface area contributed by atoms with Gasteiger partial charge in [0.05, 0.1) is 24.3 Å². The van der Waals surface area contributed by atoms with Crippen LogP contribution in [-0.2, 0) is 4.74 Å². The van der Waals surface area contributed by atoms with Gasteiger partial charge in [0.25, 0.3) is 0 Å². The van der Waals surface area contributed by atoms with Crippen molar-refractivity contribution >= 4 is 21.9 Å². The first-order chi connectivity index (χ1) is 8.51. The molecule has 0 aromatic heterocycles. The zero-order chi connectivity index (χ0) is 13.7. The fraction of sp³-hybridized carbons (Fsp3) is 0.308. The molecular formula is C13H15BrO4. The molecule has 0 aliphatic carbocycles. The molecule has 0 amide bonds. The maximum absolute atomic E-state index is 11.6. The van der Waals surface area contributed by atoms with Gasteiger partial charge in [0.1, 0.15) is 6.61 Å². The normalized spacial score (nSPS) is 9.78. The monoisotopic (exact) mass is 314 g/mol. The molecule has 0 spiro atoms. The van der Waals surface area contributed by atoms with Crippen LogP contribution in [0.5, 0.6) is 11.5 Å². The predicted octanol–water partition coefficient (Wildman–Crippen LogP) is 3.20. The second kappa shape index (κ2) is 6.44. The van der Waals surface area contributed by atoms with Gasteiger partial charge in [-0.2, -0.15) is 0 Å². The Hall–Kier alpha value is -1.49. The first-order valence-electron chi connectivity index (χ1n) is 5.23. The van der Waals surface area contributed by atoms with Gasteiger partial charge in [-0.05, 0) is 40.6 Å². The lowest BCUT2D eigenvalue weighted by Crippen LogP contribution is -2.06. The number of carbonyl (C=O) groups is 1. The van der Waals surface area contributed by atoms with Crippen LogP contribution < -0.4 is 9.47 Å². The Kier molecular flexibility index (Phi) is 5.22. The third-order valence-corrected chi connectivity index (χ3v) is 2.94. The number of hydrogen-bond acceptors (Lipinski definition) is 4. The first-order valence-corrected chi connectivity index (χ1v) is 6.02. The largest absolute Gasteiger partial charge is 0.493 e. The van der Waals surface area contributed by atoms with Crippen molar-refractivity contribution in [3.8, 4) is 11.5 Å². The van der Waals surface area contributed by atoms with E-state index in [-0.39, 0.29) is 0 Å². The smallest absolute Gasteiger partial charge is 0.339 e. The van der Waals surface area contributed by atoms with Crippen molar-refractivity contribution in [2.75, 3.05) is 20.8 Å². The van der Waals surface area contributed by atoms with E-state index in [0.717, 1.165) is 5.57 Å². The van der Waals surface area contributed by atoms with Gasteiger partial charge < -0.3 is 14.2 Å². The van der Waals surface area contributed by atoms with Gasteiger partial charge in [0.15, 0.2) is 11.5 Å². The standard InChI is InChI=1S/C13H15BrO4/c1-8(2)7-18-12-10(16-3)6-5-9(11(12)14)13(15)17-4/h5-6H,1,7H2,2-4H3. The molecule has 18 heavy (non-hydrogen) atoms. The number of hydrogen-bond donors (Lipinski definition) is 0. The summed E-state index contributed by atoms with van der Waals surface area (Å²) in [6.07, 6.45) is 0. The Morgan fingerprint density at radius 3 is 2.56 bits per heavy atom. The quantitative estimate of drug-likeness (QED) is 0.618. The maximum Gasteiger partial charge on any atom is 0.339 e. The Balaban J connectivity index is 3.18. The summed E-state index contributed by atoms with van der Waals surface area (Å²) in [6.45, 7) is 5.95. The molecule has 0 saturated carbocycles. The lowest BCUT2D eigenvalue weighted by atomic mass is 10.2. The molecule has 0 aliphatic heterocycles. The molecule has 0 radical (unpaired) electrons. The van der Waals surface area contributed by atoms with Crippen LogP contribution in [0.25, 0.3) is 0 Å². The highest BCUT2D eigenvalue weighted by atomic mass is 79.9. The Bertz CT molecular complexity index is 468. The minimum absolute atomic E-state index is 0.347. The summed E-state index contributed by atoms with van der Waals surface area (Å²) < 4.78 is 16.0. The summed E-state index contributed by atoms with van der Waals surface area (Å²) in [5.74, 6) is 0.559. The summed E-state index contributed by atoms with van der Waals surface area (Å²) in [5, 5.41) is 0. The van der Waals surface area contributed by atoms with Crippen molar-refractivity contribution < 1.29 is 19.0 Å². The van der Waals surface area contributed by atoms with E-state index in [9.17, 15) is 4.79 Å². The SMILES string of the molecule is C=C(C)COc1c(OC)ccc(C(=O)OC)c1Br. The van der Waals surface area contributed by atoms with Gasteiger partial charge in [-0.1, -0.05) is 6.58 Å². The zero-order valence-corrected chi connectivity index (χ0v) is 12.2. The number of halogens is 1. The molecule has 0 fully saturated rings. The minimum Gasteiger partial charge on any atom is -0.493 e. The Morgan fingerprint density at radius 1 is 1.39 bits per heavy atom. The van der Waals surface area contributed by atoms with Gasteiger partial charge >= 0.3 is 5.97 Å². The summed E-state index contributed by atoms with van der Waals surface area (Å²) in [6, 6.07) is 3.27. The lowest BCUT2D eigenvalue weighted by Gasteiger charge is -2.14. The molecule has 1 aromatic rings. The number of esters is 1. The molecule has 0 bridgehead atoms. The average molecular weight is 315 g/mol. The van der Waals surface area contributed by atoms with Crippen LogP contribution in [0.3, 0.4) is 0 Å². The van der Waals surface area contributed by atoms with Crippen LogP contribution in [0.4, 0.5) is 0 Å². The van der Waals surface area contributed by atoms with Crippen molar-refractivity contribution in [2.45, 2.75) is 6.92 Å².